The maximum absolute atomic E-state index is 4.91. The van der Waals surface area contributed by atoms with Crippen LogP contribution >= 0.6 is 24.0 Å². The molecule has 1 aliphatic carbocycles. The molecule has 0 unspecified atom stereocenters. The molecule has 3 heterocycles. The molecular weight excluding hydrogens is 475 g/mol. The van der Waals surface area contributed by atoms with E-state index in [1.165, 1.54) is 32.1 Å². The van der Waals surface area contributed by atoms with Gasteiger partial charge in [-0.25, -0.2) is 14.7 Å². The highest BCUT2D eigenvalue weighted by Crippen LogP contribution is 2.45. The smallest absolute Gasteiger partial charge is 0.194 e. The highest BCUT2D eigenvalue weighted by molar-refractivity contribution is 14.0. The van der Waals surface area contributed by atoms with Crippen molar-refractivity contribution in [2.24, 2.45) is 10.4 Å². The Morgan fingerprint density at radius 2 is 2.00 bits per heavy atom. The van der Waals surface area contributed by atoms with Crippen molar-refractivity contribution in [1.82, 2.24) is 25.0 Å². The van der Waals surface area contributed by atoms with E-state index in [9.17, 15) is 0 Å². The summed E-state index contributed by atoms with van der Waals surface area (Å²) in [5, 5.41) is 8.00. The number of nitrogens with zero attached hydrogens (tertiary/aromatic N) is 5. The van der Waals surface area contributed by atoms with Crippen LogP contribution in [0.2, 0.25) is 0 Å². The molecule has 0 bridgehead atoms. The van der Waals surface area contributed by atoms with Crippen molar-refractivity contribution in [3.63, 3.8) is 0 Å². The number of aliphatic imine (C=N–C) groups is 1. The highest BCUT2D eigenvalue weighted by atomic mass is 127. The summed E-state index contributed by atoms with van der Waals surface area (Å²) in [5.41, 5.74) is 3.78. The van der Waals surface area contributed by atoms with Crippen molar-refractivity contribution in [3.8, 4) is 5.82 Å². The maximum Gasteiger partial charge on any atom is 0.194 e. The van der Waals surface area contributed by atoms with Gasteiger partial charge in [0.15, 0.2) is 11.8 Å². The Balaban J connectivity index is 0.00000240. The van der Waals surface area contributed by atoms with Crippen molar-refractivity contribution in [3.05, 3.63) is 41.3 Å². The van der Waals surface area contributed by atoms with E-state index in [1.54, 1.807) is 0 Å². The van der Waals surface area contributed by atoms with Gasteiger partial charge in [-0.15, -0.1) is 24.0 Å². The van der Waals surface area contributed by atoms with E-state index in [4.69, 9.17) is 4.99 Å². The molecule has 1 saturated heterocycles. The molecule has 6 nitrogen and oxygen atoms in total. The Hall–Kier alpha value is -1.64. The Kier molecular flexibility index (Phi) is 7.19. The topological polar surface area (TPSA) is 58.3 Å². The van der Waals surface area contributed by atoms with Gasteiger partial charge in [-0.05, 0) is 63.1 Å². The van der Waals surface area contributed by atoms with E-state index in [2.05, 4.69) is 46.3 Å². The molecule has 2 fully saturated rings. The molecule has 0 amide bonds. The molecule has 1 saturated carbocycles. The summed E-state index contributed by atoms with van der Waals surface area (Å²) in [6.45, 7) is 10.0. The third kappa shape index (κ3) is 4.92. The van der Waals surface area contributed by atoms with E-state index in [0.29, 0.717) is 12.0 Å². The molecular formula is C22H33IN6. The van der Waals surface area contributed by atoms with Crippen LogP contribution in [0.5, 0.6) is 0 Å². The van der Waals surface area contributed by atoms with Crippen molar-refractivity contribution in [2.45, 2.75) is 59.4 Å². The van der Waals surface area contributed by atoms with Crippen LogP contribution in [0.3, 0.4) is 0 Å². The Labute approximate surface area is 191 Å². The second kappa shape index (κ2) is 9.45. The first-order valence-corrected chi connectivity index (χ1v) is 10.6. The number of hydrogen-bond acceptors (Lipinski definition) is 3. The number of aromatic nitrogens is 3. The number of guanidine groups is 1. The molecule has 4 rings (SSSR count). The van der Waals surface area contributed by atoms with Crippen LogP contribution in [0.15, 0.2) is 29.4 Å². The zero-order chi connectivity index (χ0) is 19.6. The Morgan fingerprint density at radius 3 is 2.62 bits per heavy atom. The molecule has 1 spiro atoms. The third-order valence-corrected chi connectivity index (χ3v) is 6.18. The van der Waals surface area contributed by atoms with E-state index >= 15 is 0 Å². The summed E-state index contributed by atoms with van der Waals surface area (Å²) in [5.74, 6) is 1.90. The summed E-state index contributed by atoms with van der Waals surface area (Å²) >= 11 is 0. The van der Waals surface area contributed by atoms with Gasteiger partial charge in [-0.1, -0.05) is 18.9 Å². The first-order valence-electron chi connectivity index (χ1n) is 10.6. The number of likely N-dealkylation sites (tertiary alicyclic amines) is 1. The average molecular weight is 508 g/mol. The van der Waals surface area contributed by atoms with Gasteiger partial charge in [0.05, 0.1) is 12.2 Å². The third-order valence-electron chi connectivity index (χ3n) is 6.18. The Bertz CT molecular complexity index is 835. The number of aryl methyl sites for hydroxylation is 2. The monoisotopic (exact) mass is 508 g/mol. The van der Waals surface area contributed by atoms with Crippen LogP contribution in [0.4, 0.5) is 0 Å². The molecule has 1 N–H and O–H groups in total. The number of halogens is 1. The van der Waals surface area contributed by atoms with Crippen LogP contribution in [0, 0.1) is 19.3 Å². The number of nitrogens with one attached hydrogen (secondary N) is 1. The SMILES string of the molecule is CCNC(=NCc1ccc(-n2nc(C)cc2C)nc1)N1CCC2(CCCC2)C1.I. The lowest BCUT2D eigenvalue weighted by atomic mass is 9.86. The molecule has 7 heteroatoms. The summed E-state index contributed by atoms with van der Waals surface area (Å²) in [6, 6.07) is 6.20. The molecule has 1 aliphatic heterocycles. The zero-order valence-electron chi connectivity index (χ0n) is 17.8. The van der Waals surface area contributed by atoms with Crippen molar-refractivity contribution in [2.75, 3.05) is 19.6 Å². The van der Waals surface area contributed by atoms with Gasteiger partial charge in [-0.3, -0.25) is 0 Å². The van der Waals surface area contributed by atoms with Gasteiger partial charge >= 0.3 is 0 Å². The van der Waals surface area contributed by atoms with Crippen LogP contribution in [-0.4, -0.2) is 45.3 Å². The number of hydrogen-bond donors (Lipinski definition) is 1. The van der Waals surface area contributed by atoms with Gasteiger partial charge in [-0.2, -0.15) is 5.10 Å². The fourth-order valence-electron chi connectivity index (χ4n) is 4.74. The van der Waals surface area contributed by atoms with Crippen LogP contribution < -0.4 is 5.32 Å². The second-order valence-electron chi connectivity index (χ2n) is 8.41. The fraction of sp³-hybridized carbons (Fsp3) is 0.591. The molecule has 2 aromatic heterocycles. The predicted octanol–water partition coefficient (Wildman–Crippen LogP) is 4.23. The highest BCUT2D eigenvalue weighted by Gasteiger charge is 2.41. The summed E-state index contributed by atoms with van der Waals surface area (Å²) in [6.07, 6.45) is 8.81. The van der Waals surface area contributed by atoms with Gasteiger partial charge in [0, 0.05) is 31.5 Å². The minimum atomic E-state index is 0. The number of pyridine rings is 1. The van der Waals surface area contributed by atoms with Crippen molar-refractivity contribution < 1.29 is 0 Å². The molecule has 0 atom stereocenters. The number of rotatable bonds is 4. The standard InChI is InChI=1S/C22H32N6.HI/c1-4-23-21(27-12-11-22(16-27)9-5-6-10-22)25-15-19-7-8-20(24-14-19)28-18(3)13-17(2)26-28;/h7-8,13-14H,4-6,9-12,15-16H2,1-3H3,(H,23,25);1H. The van der Waals surface area contributed by atoms with Crippen molar-refractivity contribution >= 4 is 29.9 Å². The summed E-state index contributed by atoms with van der Waals surface area (Å²) in [7, 11) is 0. The quantitative estimate of drug-likeness (QED) is 0.382. The lowest BCUT2D eigenvalue weighted by molar-refractivity contribution is 0.309. The first-order chi connectivity index (χ1) is 13.6. The van der Waals surface area contributed by atoms with Gasteiger partial charge in [0.1, 0.15) is 0 Å². The van der Waals surface area contributed by atoms with E-state index in [0.717, 1.165) is 48.4 Å². The van der Waals surface area contributed by atoms with E-state index in [-0.39, 0.29) is 24.0 Å². The van der Waals surface area contributed by atoms with Crippen LogP contribution in [-0.2, 0) is 6.54 Å². The van der Waals surface area contributed by atoms with Gasteiger partial charge in [0.25, 0.3) is 0 Å². The summed E-state index contributed by atoms with van der Waals surface area (Å²) < 4.78 is 1.89. The predicted molar refractivity (Wildman–Crippen MR) is 128 cm³/mol. The molecule has 158 valence electrons. The van der Waals surface area contributed by atoms with Crippen LogP contribution in [0.25, 0.3) is 5.82 Å². The Morgan fingerprint density at radius 1 is 1.21 bits per heavy atom. The maximum atomic E-state index is 4.91. The van der Waals surface area contributed by atoms with Crippen molar-refractivity contribution in [1.29, 1.82) is 0 Å². The molecule has 2 aromatic rings. The lowest BCUT2D eigenvalue weighted by Gasteiger charge is -2.26. The molecule has 29 heavy (non-hydrogen) atoms. The van der Waals surface area contributed by atoms with Gasteiger partial charge in [0.2, 0.25) is 0 Å². The molecule has 0 aromatic carbocycles. The zero-order valence-corrected chi connectivity index (χ0v) is 20.1. The molecule has 2 aliphatic rings. The van der Waals surface area contributed by atoms with E-state index in [1.807, 2.05) is 23.9 Å². The largest absolute Gasteiger partial charge is 0.357 e. The normalized spacial score (nSPS) is 18.3. The van der Waals surface area contributed by atoms with E-state index < -0.39 is 0 Å². The van der Waals surface area contributed by atoms with Gasteiger partial charge < -0.3 is 10.2 Å². The minimum Gasteiger partial charge on any atom is -0.357 e. The average Bonchev–Trinajstić information content (AvgIpc) is 3.41. The minimum absolute atomic E-state index is 0. The lowest BCUT2D eigenvalue weighted by Crippen LogP contribution is -2.41. The van der Waals surface area contributed by atoms with Crippen LogP contribution in [0.1, 0.15) is 56.0 Å². The second-order valence-corrected chi connectivity index (χ2v) is 8.41. The first kappa shape index (κ1) is 22.1. The molecule has 0 radical (unpaired) electrons. The summed E-state index contributed by atoms with van der Waals surface area (Å²) in [4.78, 5) is 12.0. The fourth-order valence-corrected chi connectivity index (χ4v) is 4.74.